The minimum Gasteiger partial charge on any atom is -0.358 e. The van der Waals surface area contributed by atoms with Crippen molar-refractivity contribution < 1.29 is 9.53 Å². The van der Waals surface area contributed by atoms with Crippen molar-refractivity contribution in [1.29, 1.82) is 0 Å². The van der Waals surface area contributed by atoms with E-state index in [0.29, 0.717) is 34.9 Å². The van der Waals surface area contributed by atoms with Crippen molar-refractivity contribution in [2.45, 2.75) is 71.1 Å². The van der Waals surface area contributed by atoms with Crippen molar-refractivity contribution in [3.05, 3.63) is 0 Å². The molecule has 122 valence electrons. The number of rotatable bonds is 0. The number of hydrogen-bond acceptors (Lipinski definition) is 3. The fourth-order valence-corrected chi connectivity index (χ4v) is 7.42. The molecule has 6 unspecified atom stereocenters. The summed E-state index contributed by atoms with van der Waals surface area (Å²) in [4.78, 5) is 12.1. The molecule has 5 fully saturated rings. The monoisotopic (exact) mass is 303 g/mol. The molecule has 1 N–H and O–H groups in total. The minimum atomic E-state index is 0.313. The van der Waals surface area contributed by atoms with Gasteiger partial charge in [-0.05, 0) is 61.2 Å². The van der Waals surface area contributed by atoms with E-state index in [4.69, 9.17) is 4.74 Å². The highest BCUT2D eigenvalue weighted by atomic mass is 16.5. The Morgan fingerprint density at radius 3 is 2.91 bits per heavy atom. The molecule has 0 amide bonds. The van der Waals surface area contributed by atoms with Crippen LogP contribution >= 0.6 is 0 Å². The minimum absolute atomic E-state index is 0.313. The van der Waals surface area contributed by atoms with Crippen LogP contribution in [0.15, 0.2) is 0 Å². The first-order valence-corrected chi connectivity index (χ1v) is 9.41. The van der Waals surface area contributed by atoms with Gasteiger partial charge in [-0.2, -0.15) is 0 Å². The van der Waals surface area contributed by atoms with Crippen molar-refractivity contribution >= 4 is 5.78 Å². The molecule has 2 saturated heterocycles. The van der Waals surface area contributed by atoms with Gasteiger partial charge in [0, 0.05) is 24.8 Å². The Morgan fingerprint density at radius 1 is 1.18 bits per heavy atom. The largest absolute Gasteiger partial charge is 0.358 e. The smallest absolute Gasteiger partial charge is 0.133 e. The van der Waals surface area contributed by atoms with E-state index in [0.717, 1.165) is 37.1 Å². The van der Waals surface area contributed by atoms with E-state index in [-0.39, 0.29) is 0 Å². The first-order valence-electron chi connectivity index (χ1n) is 9.41. The van der Waals surface area contributed by atoms with Gasteiger partial charge in [0.05, 0.1) is 6.10 Å². The lowest BCUT2D eigenvalue weighted by Gasteiger charge is -2.61. The van der Waals surface area contributed by atoms with Crippen molar-refractivity contribution in [2.75, 3.05) is 6.54 Å². The highest BCUT2D eigenvalue weighted by Gasteiger charge is 2.63. The molecule has 2 heterocycles. The third kappa shape index (κ3) is 1.62. The van der Waals surface area contributed by atoms with Gasteiger partial charge in [0.1, 0.15) is 12.0 Å². The Balaban J connectivity index is 1.51. The number of fused-ring (bicyclic) bond motifs is 8. The third-order valence-electron chi connectivity index (χ3n) is 8.58. The van der Waals surface area contributed by atoms with Crippen molar-refractivity contribution in [2.24, 2.45) is 34.5 Å². The second-order valence-corrected chi connectivity index (χ2v) is 9.39. The van der Waals surface area contributed by atoms with Gasteiger partial charge < -0.3 is 4.74 Å². The van der Waals surface area contributed by atoms with Gasteiger partial charge in [-0.1, -0.05) is 13.8 Å². The summed E-state index contributed by atoms with van der Waals surface area (Å²) >= 11 is 0. The van der Waals surface area contributed by atoms with E-state index in [9.17, 15) is 4.79 Å². The van der Waals surface area contributed by atoms with Gasteiger partial charge in [0.2, 0.25) is 0 Å². The van der Waals surface area contributed by atoms with Crippen molar-refractivity contribution in [3.8, 4) is 0 Å². The van der Waals surface area contributed by atoms with Crippen molar-refractivity contribution in [1.82, 2.24) is 5.32 Å². The standard InChI is InChI=1S/C19H29NO2/c1-18-6-5-14-13(15(18)8-12(21)9-18)4-3-11-7-17-20-10-16(22-17)19(11,14)2/h11,13-17,20H,3-10H2,1-2H3/t11?,13?,14?,15?,16?,17?,18-,19+/m1/s1. The van der Waals surface area contributed by atoms with Crippen molar-refractivity contribution in [3.63, 3.8) is 0 Å². The molecule has 5 rings (SSSR count). The topological polar surface area (TPSA) is 38.3 Å². The number of Topliss-reactive ketones (excluding diaryl/α,β-unsaturated/α-hetero) is 1. The van der Waals surface area contributed by atoms with Gasteiger partial charge in [0.25, 0.3) is 0 Å². The molecule has 8 atom stereocenters. The Bertz CT molecular complexity index is 520. The van der Waals surface area contributed by atoms with E-state index in [2.05, 4.69) is 19.2 Å². The average Bonchev–Trinajstić information content (AvgIpc) is 3.02. The molecular weight excluding hydrogens is 274 g/mol. The van der Waals surface area contributed by atoms with Gasteiger partial charge in [-0.25, -0.2) is 0 Å². The van der Waals surface area contributed by atoms with E-state index in [1.165, 1.54) is 32.1 Å². The van der Waals surface area contributed by atoms with E-state index in [1.807, 2.05) is 0 Å². The number of ether oxygens (including phenoxy) is 1. The molecule has 3 nitrogen and oxygen atoms in total. The Hall–Kier alpha value is -0.410. The van der Waals surface area contributed by atoms with E-state index >= 15 is 0 Å². The van der Waals surface area contributed by atoms with Crippen LogP contribution in [0.25, 0.3) is 0 Å². The van der Waals surface area contributed by atoms with Crippen LogP contribution in [0, 0.1) is 34.5 Å². The van der Waals surface area contributed by atoms with Crippen LogP contribution in [0.4, 0.5) is 0 Å². The summed E-state index contributed by atoms with van der Waals surface area (Å²) < 4.78 is 6.30. The van der Waals surface area contributed by atoms with E-state index in [1.54, 1.807) is 0 Å². The summed E-state index contributed by atoms with van der Waals surface area (Å²) in [6.45, 7) is 5.97. The lowest BCUT2D eigenvalue weighted by atomic mass is 9.46. The van der Waals surface area contributed by atoms with Crippen LogP contribution in [-0.4, -0.2) is 24.7 Å². The zero-order valence-corrected chi connectivity index (χ0v) is 13.9. The normalized spacial score (nSPS) is 59.8. The Kier molecular flexibility index (Phi) is 2.77. The fourth-order valence-electron chi connectivity index (χ4n) is 7.42. The highest BCUT2D eigenvalue weighted by Crippen LogP contribution is 2.66. The molecule has 0 aromatic heterocycles. The molecule has 0 aromatic rings. The number of nitrogens with one attached hydrogen (secondary N) is 1. The molecule has 3 aliphatic carbocycles. The SMILES string of the molecule is C[C@]12CCC3C(CCC4CC5NCC(O5)[C@@]43C)C1CC(=O)C2. The summed E-state index contributed by atoms with van der Waals surface area (Å²) in [6, 6.07) is 0. The van der Waals surface area contributed by atoms with Crippen LogP contribution in [-0.2, 0) is 9.53 Å². The van der Waals surface area contributed by atoms with Crippen LogP contribution in [0.2, 0.25) is 0 Å². The molecule has 5 aliphatic rings. The zero-order valence-electron chi connectivity index (χ0n) is 13.9. The summed E-state index contributed by atoms with van der Waals surface area (Å²) in [7, 11) is 0. The van der Waals surface area contributed by atoms with Gasteiger partial charge in [0.15, 0.2) is 0 Å². The quantitative estimate of drug-likeness (QED) is 0.747. The lowest BCUT2D eigenvalue weighted by molar-refractivity contribution is -0.190. The lowest BCUT2D eigenvalue weighted by Crippen LogP contribution is -2.58. The number of carbonyl (C=O) groups excluding carboxylic acids is 1. The second-order valence-electron chi connectivity index (χ2n) is 9.39. The predicted molar refractivity (Wildman–Crippen MR) is 84.2 cm³/mol. The molecule has 0 spiro atoms. The summed E-state index contributed by atoms with van der Waals surface area (Å²) in [5.74, 6) is 3.56. The van der Waals surface area contributed by atoms with Crippen LogP contribution in [0.5, 0.6) is 0 Å². The summed E-state index contributed by atoms with van der Waals surface area (Å²) in [5.41, 5.74) is 0.656. The Morgan fingerprint density at radius 2 is 2.05 bits per heavy atom. The molecule has 2 bridgehead atoms. The summed E-state index contributed by atoms with van der Waals surface area (Å²) in [6.07, 6.45) is 8.95. The predicted octanol–water partition coefficient (Wildman–Crippen LogP) is 3.13. The maximum Gasteiger partial charge on any atom is 0.133 e. The van der Waals surface area contributed by atoms with Crippen LogP contribution < -0.4 is 5.32 Å². The molecule has 0 aromatic carbocycles. The molecule has 0 radical (unpaired) electrons. The molecule has 2 aliphatic heterocycles. The molecule has 22 heavy (non-hydrogen) atoms. The second kappa shape index (κ2) is 4.36. The molecular formula is C19H29NO2. The highest BCUT2D eigenvalue weighted by molar-refractivity contribution is 5.82. The Labute approximate surface area is 133 Å². The van der Waals surface area contributed by atoms with Crippen LogP contribution in [0.3, 0.4) is 0 Å². The first-order chi connectivity index (χ1) is 10.5. The maximum absolute atomic E-state index is 12.1. The zero-order chi connectivity index (χ0) is 15.1. The number of hydrogen-bond donors (Lipinski definition) is 1. The molecule has 3 heteroatoms. The van der Waals surface area contributed by atoms with Crippen LogP contribution in [0.1, 0.15) is 58.8 Å². The summed E-state index contributed by atoms with van der Waals surface area (Å²) in [5, 5.41) is 3.58. The third-order valence-corrected chi connectivity index (χ3v) is 8.58. The average molecular weight is 303 g/mol. The van der Waals surface area contributed by atoms with E-state index < -0.39 is 0 Å². The first kappa shape index (κ1) is 14.0. The maximum atomic E-state index is 12.1. The van der Waals surface area contributed by atoms with Gasteiger partial charge in [-0.15, -0.1) is 0 Å². The number of carbonyl (C=O) groups is 1. The fraction of sp³-hybridized carbons (Fsp3) is 0.947. The number of ketones is 1. The van der Waals surface area contributed by atoms with Gasteiger partial charge in [-0.3, -0.25) is 10.1 Å². The molecule has 3 saturated carbocycles. The van der Waals surface area contributed by atoms with Gasteiger partial charge >= 0.3 is 0 Å².